The average molecular weight is 408 g/mol. The van der Waals surface area contributed by atoms with Crippen LogP contribution in [-0.2, 0) is 21.4 Å². The Bertz CT molecular complexity index is 838. The first-order chi connectivity index (χ1) is 14.4. The van der Waals surface area contributed by atoms with Gasteiger partial charge in [-0.05, 0) is 48.9 Å². The molecule has 0 unspecified atom stereocenters. The zero-order chi connectivity index (χ0) is 21.6. The number of benzene rings is 2. The molecule has 2 amide bonds. The van der Waals surface area contributed by atoms with Crippen molar-refractivity contribution in [2.75, 3.05) is 38.6 Å². The molecule has 30 heavy (non-hydrogen) atoms. The SMILES string of the molecule is CC(=O)N1CCC(C(=O)NCCCc2ccc(N(C)C)cc2)(c2ccccc2)CC1. The van der Waals surface area contributed by atoms with Gasteiger partial charge in [0.05, 0.1) is 5.41 Å². The standard InChI is InChI=1S/C25H33N3O2/c1-20(29)28-18-15-25(16-19-28,22-9-5-4-6-10-22)24(30)26-17-7-8-21-11-13-23(14-12-21)27(2)3/h4-6,9-14H,7-8,15-19H2,1-3H3,(H,26,30). The Kier molecular flexibility index (Phi) is 7.14. The molecule has 0 radical (unpaired) electrons. The maximum Gasteiger partial charge on any atom is 0.230 e. The normalized spacial score (nSPS) is 15.5. The number of amides is 2. The third kappa shape index (κ3) is 5.02. The molecule has 0 atom stereocenters. The number of aryl methyl sites for hydroxylation is 1. The second-order valence-electron chi connectivity index (χ2n) is 8.37. The van der Waals surface area contributed by atoms with Crippen molar-refractivity contribution in [3.8, 4) is 0 Å². The molecule has 0 saturated carbocycles. The number of likely N-dealkylation sites (tertiary alicyclic amines) is 1. The summed E-state index contributed by atoms with van der Waals surface area (Å²) in [4.78, 5) is 29.0. The van der Waals surface area contributed by atoms with E-state index < -0.39 is 5.41 Å². The number of nitrogens with zero attached hydrogens (tertiary/aromatic N) is 2. The Morgan fingerprint density at radius 1 is 1.00 bits per heavy atom. The lowest BCUT2D eigenvalue weighted by molar-refractivity contribution is -0.135. The van der Waals surface area contributed by atoms with Crippen LogP contribution in [0.4, 0.5) is 5.69 Å². The highest BCUT2D eigenvalue weighted by molar-refractivity contribution is 5.88. The highest BCUT2D eigenvalue weighted by atomic mass is 16.2. The van der Waals surface area contributed by atoms with Gasteiger partial charge in [-0.3, -0.25) is 9.59 Å². The van der Waals surface area contributed by atoms with Gasteiger partial charge in [0.1, 0.15) is 0 Å². The number of carbonyl (C=O) groups is 2. The first-order valence-corrected chi connectivity index (χ1v) is 10.8. The highest BCUT2D eigenvalue weighted by Crippen LogP contribution is 2.36. The van der Waals surface area contributed by atoms with Crippen molar-refractivity contribution in [3.63, 3.8) is 0 Å². The van der Waals surface area contributed by atoms with E-state index >= 15 is 0 Å². The number of rotatable bonds is 7. The first-order valence-electron chi connectivity index (χ1n) is 10.8. The highest BCUT2D eigenvalue weighted by Gasteiger charge is 2.43. The summed E-state index contributed by atoms with van der Waals surface area (Å²) in [7, 11) is 4.07. The van der Waals surface area contributed by atoms with Crippen LogP contribution in [0.3, 0.4) is 0 Å². The zero-order valence-corrected chi connectivity index (χ0v) is 18.4. The molecule has 0 aromatic heterocycles. The van der Waals surface area contributed by atoms with Gasteiger partial charge in [0.2, 0.25) is 11.8 Å². The summed E-state index contributed by atoms with van der Waals surface area (Å²) in [6.45, 7) is 3.49. The third-order valence-corrected chi connectivity index (χ3v) is 6.20. The van der Waals surface area contributed by atoms with Gasteiger partial charge in [-0.25, -0.2) is 0 Å². The number of carbonyl (C=O) groups excluding carboxylic acids is 2. The van der Waals surface area contributed by atoms with Crippen molar-refractivity contribution < 1.29 is 9.59 Å². The largest absolute Gasteiger partial charge is 0.378 e. The van der Waals surface area contributed by atoms with E-state index in [1.807, 2.05) is 49.3 Å². The van der Waals surface area contributed by atoms with E-state index in [4.69, 9.17) is 0 Å². The lowest BCUT2D eigenvalue weighted by Crippen LogP contribution is -2.52. The minimum atomic E-state index is -0.555. The predicted molar refractivity (Wildman–Crippen MR) is 122 cm³/mol. The molecule has 5 nitrogen and oxygen atoms in total. The Balaban J connectivity index is 1.59. The maximum absolute atomic E-state index is 13.3. The second-order valence-corrected chi connectivity index (χ2v) is 8.37. The molecule has 1 aliphatic rings. The summed E-state index contributed by atoms with van der Waals surface area (Å²) >= 11 is 0. The smallest absolute Gasteiger partial charge is 0.230 e. The Morgan fingerprint density at radius 2 is 1.63 bits per heavy atom. The van der Waals surface area contributed by atoms with Gasteiger partial charge in [-0.1, -0.05) is 42.5 Å². The quantitative estimate of drug-likeness (QED) is 0.716. The fourth-order valence-electron chi connectivity index (χ4n) is 4.23. The molecule has 1 fully saturated rings. The lowest BCUT2D eigenvalue weighted by atomic mass is 9.72. The van der Waals surface area contributed by atoms with Gasteiger partial charge in [-0.15, -0.1) is 0 Å². The lowest BCUT2D eigenvalue weighted by Gasteiger charge is -2.40. The molecule has 5 heteroatoms. The van der Waals surface area contributed by atoms with Crippen LogP contribution in [-0.4, -0.2) is 50.4 Å². The number of hydrogen-bond acceptors (Lipinski definition) is 3. The molecular formula is C25H33N3O2. The van der Waals surface area contributed by atoms with Crippen molar-refractivity contribution in [1.82, 2.24) is 10.2 Å². The summed E-state index contributed by atoms with van der Waals surface area (Å²) in [5.41, 5.74) is 2.96. The van der Waals surface area contributed by atoms with Crippen LogP contribution in [0.15, 0.2) is 54.6 Å². The van der Waals surface area contributed by atoms with Crippen molar-refractivity contribution in [3.05, 3.63) is 65.7 Å². The molecular weight excluding hydrogens is 374 g/mol. The minimum Gasteiger partial charge on any atom is -0.378 e. The van der Waals surface area contributed by atoms with E-state index in [1.54, 1.807) is 6.92 Å². The maximum atomic E-state index is 13.3. The number of piperidine rings is 1. The van der Waals surface area contributed by atoms with Crippen molar-refractivity contribution in [2.45, 2.75) is 38.0 Å². The van der Waals surface area contributed by atoms with Crippen LogP contribution >= 0.6 is 0 Å². The first kappa shape index (κ1) is 21.9. The van der Waals surface area contributed by atoms with Gasteiger partial charge in [0.25, 0.3) is 0 Å². The topological polar surface area (TPSA) is 52.7 Å². The van der Waals surface area contributed by atoms with E-state index in [9.17, 15) is 9.59 Å². The molecule has 2 aromatic carbocycles. The molecule has 1 N–H and O–H groups in total. The van der Waals surface area contributed by atoms with Crippen LogP contribution in [0.5, 0.6) is 0 Å². The van der Waals surface area contributed by atoms with Crippen molar-refractivity contribution in [2.24, 2.45) is 0 Å². The number of nitrogens with one attached hydrogen (secondary N) is 1. The third-order valence-electron chi connectivity index (χ3n) is 6.20. The fraction of sp³-hybridized carbons (Fsp3) is 0.440. The average Bonchev–Trinajstić information content (AvgIpc) is 2.77. The monoisotopic (exact) mass is 407 g/mol. The van der Waals surface area contributed by atoms with E-state index in [0.29, 0.717) is 32.5 Å². The van der Waals surface area contributed by atoms with Crippen molar-refractivity contribution >= 4 is 17.5 Å². The van der Waals surface area contributed by atoms with Crippen molar-refractivity contribution in [1.29, 1.82) is 0 Å². The number of hydrogen-bond donors (Lipinski definition) is 1. The van der Waals surface area contributed by atoms with E-state index in [2.05, 4.69) is 34.5 Å². The van der Waals surface area contributed by atoms with Gasteiger partial charge >= 0.3 is 0 Å². The van der Waals surface area contributed by atoms with Crippen LogP contribution in [0, 0.1) is 0 Å². The molecule has 1 saturated heterocycles. The van der Waals surface area contributed by atoms with Crippen LogP contribution in [0.1, 0.15) is 37.3 Å². The molecule has 2 aromatic rings. The summed E-state index contributed by atoms with van der Waals surface area (Å²) < 4.78 is 0. The van der Waals surface area contributed by atoms with Gasteiger partial charge in [-0.2, -0.15) is 0 Å². The van der Waals surface area contributed by atoms with E-state index in [1.165, 1.54) is 11.3 Å². The molecule has 0 spiro atoms. The minimum absolute atomic E-state index is 0.0809. The Hall–Kier alpha value is -2.82. The molecule has 1 heterocycles. The van der Waals surface area contributed by atoms with Crippen LogP contribution in [0.2, 0.25) is 0 Å². The molecule has 0 bridgehead atoms. The molecule has 0 aliphatic carbocycles. The molecule has 1 aliphatic heterocycles. The van der Waals surface area contributed by atoms with Gasteiger partial charge in [0, 0.05) is 46.3 Å². The van der Waals surface area contributed by atoms with E-state index in [-0.39, 0.29) is 11.8 Å². The number of anilines is 1. The van der Waals surface area contributed by atoms with Gasteiger partial charge in [0.15, 0.2) is 0 Å². The molecule has 3 rings (SSSR count). The van der Waals surface area contributed by atoms with Crippen LogP contribution < -0.4 is 10.2 Å². The summed E-state index contributed by atoms with van der Waals surface area (Å²) in [6, 6.07) is 18.6. The van der Waals surface area contributed by atoms with E-state index in [0.717, 1.165) is 18.4 Å². The summed E-state index contributed by atoms with van der Waals surface area (Å²) in [6.07, 6.45) is 3.16. The summed E-state index contributed by atoms with van der Waals surface area (Å²) in [5.74, 6) is 0.164. The predicted octanol–water partition coefficient (Wildman–Crippen LogP) is 3.38. The fourth-order valence-corrected chi connectivity index (χ4v) is 4.23. The molecule has 160 valence electrons. The van der Waals surface area contributed by atoms with Gasteiger partial charge < -0.3 is 15.1 Å². The Labute approximate surface area is 180 Å². The Morgan fingerprint density at radius 3 is 2.20 bits per heavy atom. The van der Waals surface area contributed by atoms with Crippen LogP contribution in [0.25, 0.3) is 0 Å². The zero-order valence-electron chi connectivity index (χ0n) is 18.4. The summed E-state index contributed by atoms with van der Waals surface area (Å²) in [5, 5.41) is 3.19. The second kappa shape index (κ2) is 9.79.